The Balaban J connectivity index is 1.41. The fourth-order valence-corrected chi connectivity index (χ4v) is 4.39. The van der Waals surface area contributed by atoms with Crippen LogP contribution >= 0.6 is 11.3 Å². The van der Waals surface area contributed by atoms with Gasteiger partial charge in [0.2, 0.25) is 5.91 Å². The maximum Gasteiger partial charge on any atom is 0.226 e. The first-order valence-electron chi connectivity index (χ1n) is 10.1. The Bertz CT molecular complexity index is 726. The molecule has 3 rings (SSSR count). The smallest absolute Gasteiger partial charge is 0.226 e. The molecule has 0 aliphatic heterocycles. The van der Waals surface area contributed by atoms with Crippen molar-refractivity contribution >= 4 is 17.2 Å². The van der Waals surface area contributed by atoms with E-state index in [9.17, 15) is 4.79 Å². The van der Waals surface area contributed by atoms with Gasteiger partial charge in [-0.15, -0.1) is 11.3 Å². The van der Waals surface area contributed by atoms with Crippen molar-refractivity contribution in [2.75, 3.05) is 13.2 Å². The van der Waals surface area contributed by atoms with Crippen molar-refractivity contribution in [2.45, 2.75) is 58.5 Å². The zero-order chi connectivity index (χ0) is 19.1. The van der Waals surface area contributed by atoms with Crippen molar-refractivity contribution < 1.29 is 9.53 Å². The monoisotopic (exact) mass is 386 g/mol. The third kappa shape index (κ3) is 5.88. The summed E-state index contributed by atoms with van der Waals surface area (Å²) in [6.07, 6.45) is 6.69. The Hall–Kier alpha value is -1.72. The third-order valence-electron chi connectivity index (χ3n) is 5.29. The molecule has 1 N–H and O–H groups in total. The number of benzene rings is 1. The van der Waals surface area contributed by atoms with Crippen LogP contribution in [0.5, 0.6) is 0 Å². The molecule has 0 spiro atoms. The molecule has 5 heteroatoms. The van der Waals surface area contributed by atoms with Crippen molar-refractivity contribution in [2.24, 2.45) is 5.92 Å². The molecular formula is C22H30N2O2S. The number of hydrogen-bond acceptors (Lipinski definition) is 4. The van der Waals surface area contributed by atoms with Gasteiger partial charge < -0.3 is 10.1 Å². The van der Waals surface area contributed by atoms with Crippen LogP contribution in [0.15, 0.2) is 29.6 Å². The molecule has 1 aromatic heterocycles. The SMILES string of the molecule is CCc1ccc(-c2nc(CC(=O)NCCOC3CCCCC3C)cs2)cc1. The fraction of sp³-hybridized carbons (Fsp3) is 0.545. The number of nitrogens with zero attached hydrogens (tertiary/aromatic N) is 1. The lowest BCUT2D eigenvalue weighted by Gasteiger charge is -2.28. The van der Waals surface area contributed by atoms with Gasteiger partial charge in [0.1, 0.15) is 5.01 Å². The Kier molecular flexibility index (Phi) is 7.41. The molecule has 1 aliphatic rings. The molecule has 27 heavy (non-hydrogen) atoms. The molecule has 0 bridgehead atoms. The van der Waals surface area contributed by atoms with Crippen LogP contribution in [-0.2, 0) is 22.4 Å². The average molecular weight is 387 g/mol. The van der Waals surface area contributed by atoms with E-state index in [1.54, 1.807) is 11.3 Å². The van der Waals surface area contributed by atoms with Gasteiger partial charge in [0, 0.05) is 17.5 Å². The first-order valence-corrected chi connectivity index (χ1v) is 11.0. The number of hydrogen-bond donors (Lipinski definition) is 1. The van der Waals surface area contributed by atoms with Gasteiger partial charge in [-0.1, -0.05) is 51.0 Å². The molecule has 1 aromatic carbocycles. The highest BCUT2D eigenvalue weighted by atomic mass is 32.1. The summed E-state index contributed by atoms with van der Waals surface area (Å²) in [6, 6.07) is 8.48. The average Bonchev–Trinajstić information content (AvgIpc) is 3.15. The molecule has 146 valence electrons. The van der Waals surface area contributed by atoms with Gasteiger partial charge in [-0.3, -0.25) is 4.79 Å². The third-order valence-corrected chi connectivity index (χ3v) is 6.23. The predicted molar refractivity (Wildman–Crippen MR) is 111 cm³/mol. The second-order valence-corrected chi connectivity index (χ2v) is 8.25. The van der Waals surface area contributed by atoms with E-state index in [1.165, 1.54) is 24.8 Å². The van der Waals surface area contributed by atoms with E-state index in [1.807, 2.05) is 5.38 Å². The predicted octanol–water partition coefficient (Wildman–Crippen LogP) is 4.63. The van der Waals surface area contributed by atoms with E-state index in [0.717, 1.165) is 29.1 Å². The molecular weight excluding hydrogens is 356 g/mol. The lowest BCUT2D eigenvalue weighted by atomic mass is 9.88. The highest BCUT2D eigenvalue weighted by Crippen LogP contribution is 2.26. The molecule has 1 heterocycles. The van der Waals surface area contributed by atoms with Crippen molar-refractivity contribution in [1.29, 1.82) is 0 Å². The van der Waals surface area contributed by atoms with E-state index in [0.29, 0.717) is 31.6 Å². The Morgan fingerprint density at radius 1 is 1.26 bits per heavy atom. The van der Waals surface area contributed by atoms with Gasteiger partial charge in [-0.05, 0) is 30.7 Å². The molecule has 1 amide bonds. The molecule has 2 aromatic rings. The standard InChI is InChI=1S/C22H30N2O2S/c1-3-17-8-10-18(11-9-17)22-24-19(15-27-22)14-21(25)23-12-13-26-20-7-5-4-6-16(20)2/h8-11,15-16,20H,3-7,12-14H2,1-2H3,(H,23,25). The number of amides is 1. The van der Waals surface area contributed by atoms with Crippen LogP contribution in [0.4, 0.5) is 0 Å². The maximum atomic E-state index is 12.2. The number of carbonyl (C=O) groups is 1. The molecule has 4 nitrogen and oxygen atoms in total. The zero-order valence-electron chi connectivity index (χ0n) is 16.4. The first-order chi connectivity index (χ1) is 13.2. The normalized spacial score (nSPS) is 19.8. The van der Waals surface area contributed by atoms with Crippen LogP contribution in [0.1, 0.15) is 50.8 Å². The lowest BCUT2D eigenvalue weighted by Crippen LogP contribution is -2.32. The van der Waals surface area contributed by atoms with E-state index < -0.39 is 0 Å². The summed E-state index contributed by atoms with van der Waals surface area (Å²) in [6.45, 7) is 5.57. The van der Waals surface area contributed by atoms with Crippen LogP contribution < -0.4 is 5.32 Å². The number of thiazole rings is 1. The van der Waals surface area contributed by atoms with E-state index in [-0.39, 0.29) is 5.91 Å². The maximum absolute atomic E-state index is 12.2. The molecule has 0 saturated heterocycles. The number of rotatable bonds is 8. The van der Waals surface area contributed by atoms with Gasteiger partial charge in [-0.2, -0.15) is 0 Å². The Labute approximate surface area is 166 Å². The number of ether oxygens (including phenoxy) is 1. The van der Waals surface area contributed by atoms with Gasteiger partial charge in [0.15, 0.2) is 0 Å². The number of aromatic nitrogens is 1. The highest BCUT2D eigenvalue weighted by Gasteiger charge is 2.21. The molecule has 0 radical (unpaired) electrons. The van der Waals surface area contributed by atoms with Crippen LogP contribution in [-0.4, -0.2) is 30.1 Å². The minimum atomic E-state index is 0.00785. The van der Waals surface area contributed by atoms with Crippen molar-refractivity contribution in [3.63, 3.8) is 0 Å². The largest absolute Gasteiger partial charge is 0.376 e. The minimum Gasteiger partial charge on any atom is -0.376 e. The summed E-state index contributed by atoms with van der Waals surface area (Å²) in [4.78, 5) is 16.8. The number of aryl methyl sites for hydroxylation is 1. The minimum absolute atomic E-state index is 0.00785. The topological polar surface area (TPSA) is 51.2 Å². The quantitative estimate of drug-likeness (QED) is 0.673. The van der Waals surface area contributed by atoms with Crippen molar-refractivity contribution in [1.82, 2.24) is 10.3 Å². The summed E-state index contributed by atoms with van der Waals surface area (Å²) < 4.78 is 5.95. The highest BCUT2D eigenvalue weighted by molar-refractivity contribution is 7.13. The molecule has 2 unspecified atom stereocenters. The Morgan fingerprint density at radius 2 is 2.04 bits per heavy atom. The number of carbonyl (C=O) groups excluding carboxylic acids is 1. The second-order valence-electron chi connectivity index (χ2n) is 7.39. The van der Waals surface area contributed by atoms with Crippen LogP contribution in [0, 0.1) is 5.92 Å². The fourth-order valence-electron chi connectivity index (χ4n) is 3.56. The summed E-state index contributed by atoms with van der Waals surface area (Å²) in [7, 11) is 0. The zero-order valence-corrected chi connectivity index (χ0v) is 17.2. The van der Waals surface area contributed by atoms with Gasteiger partial charge in [0.25, 0.3) is 0 Å². The van der Waals surface area contributed by atoms with Crippen LogP contribution in [0.25, 0.3) is 10.6 Å². The summed E-state index contributed by atoms with van der Waals surface area (Å²) in [5.74, 6) is 0.641. The van der Waals surface area contributed by atoms with Gasteiger partial charge >= 0.3 is 0 Å². The first kappa shape index (κ1) is 20.0. The van der Waals surface area contributed by atoms with E-state index in [2.05, 4.69) is 48.4 Å². The van der Waals surface area contributed by atoms with Crippen LogP contribution in [0.2, 0.25) is 0 Å². The summed E-state index contributed by atoms with van der Waals surface area (Å²) in [5.41, 5.74) is 3.26. The Morgan fingerprint density at radius 3 is 2.78 bits per heavy atom. The van der Waals surface area contributed by atoms with Crippen molar-refractivity contribution in [3.8, 4) is 10.6 Å². The number of nitrogens with one attached hydrogen (secondary N) is 1. The second kappa shape index (κ2) is 10.00. The van der Waals surface area contributed by atoms with Crippen molar-refractivity contribution in [3.05, 3.63) is 40.9 Å². The molecule has 1 aliphatic carbocycles. The van der Waals surface area contributed by atoms with Gasteiger partial charge in [0.05, 0.1) is 24.8 Å². The molecule has 1 fully saturated rings. The summed E-state index contributed by atoms with van der Waals surface area (Å²) in [5, 5.41) is 5.89. The van der Waals surface area contributed by atoms with E-state index in [4.69, 9.17) is 4.74 Å². The van der Waals surface area contributed by atoms with E-state index >= 15 is 0 Å². The van der Waals surface area contributed by atoms with Crippen LogP contribution in [0.3, 0.4) is 0 Å². The molecule has 2 atom stereocenters. The van der Waals surface area contributed by atoms with Gasteiger partial charge in [-0.25, -0.2) is 4.98 Å². The molecule has 1 saturated carbocycles. The lowest BCUT2D eigenvalue weighted by molar-refractivity contribution is -0.121. The summed E-state index contributed by atoms with van der Waals surface area (Å²) >= 11 is 1.59.